The molecule has 1 aromatic heterocycles. The van der Waals surface area contributed by atoms with Crippen molar-refractivity contribution in [2.75, 3.05) is 26.2 Å². The number of nitrogens with one attached hydrogen (secondary N) is 1. The molecule has 2 heterocycles. The molecule has 1 saturated heterocycles. The molecule has 0 saturated carbocycles. The monoisotopic (exact) mass is 279 g/mol. The number of hydrogen-bond donors (Lipinski definition) is 2. The third-order valence-electron chi connectivity index (χ3n) is 3.89. The molecule has 5 heteroatoms. The van der Waals surface area contributed by atoms with Crippen molar-refractivity contribution >= 4 is 5.91 Å². The molecular formula is C15H25N3O2. The molecular weight excluding hydrogens is 254 g/mol. The summed E-state index contributed by atoms with van der Waals surface area (Å²) >= 11 is 0. The van der Waals surface area contributed by atoms with E-state index < -0.39 is 0 Å². The van der Waals surface area contributed by atoms with Crippen LogP contribution >= 0.6 is 0 Å². The standard InChI is InChI=1S/C15H25N3O2/c1-12(14-5-3-9-20-14)17-15(19)11-18-8-2-4-13(10-18)6-7-16/h3,5,9,12-13H,2,4,6-8,10-11,16H2,1H3,(H,17,19). The number of nitrogens with zero attached hydrogens (tertiary/aromatic N) is 1. The fourth-order valence-electron chi connectivity index (χ4n) is 2.87. The number of likely N-dealkylation sites (tertiary alicyclic amines) is 1. The summed E-state index contributed by atoms with van der Waals surface area (Å²) in [6.45, 7) is 5.12. The second kappa shape index (κ2) is 7.45. The van der Waals surface area contributed by atoms with Crippen LogP contribution in [0.15, 0.2) is 22.8 Å². The Bertz CT molecular complexity index is 403. The van der Waals surface area contributed by atoms with Crippen LogP contribution in [0.2, 0.25) is 0 Å². The summed E-state index contributed by atoms with van der Waals surface area (Å²) in [4.78, 5) is 14.3. The fraction of sp³-hybridized carbons (Fsp3) is 0.667. The SMILES string of the molecule is CC(NC(=O)CN1CCCC(CCN)C1)c1ccco1. The van der Waals surface area contributed by atoms with E-state index in [0.717, 1.165) is 38.2 Å². The van der Waals surface area contributed by atoms with Gasteiger partial charge in [-0.3, -0.25) is 9.69 Å². The molecule has 0 aromatic carbocycles. The Hall–Kier alpha value is -1.33. The van der Waals surface area contributed by atoms with Gasteiger partial charge in [0.15, 0.2) is 0 Å². The maximum atomic E-state index is 12.1. The van der Waals surface area contributed by atoms with Gasteiger partial charge in [0.05, 0.1) is 18.8 Å². The minimum absolute atomic E-state index is 0.0577. The molecule has 5 nitrogen and oxygen atoms in total. The van der Waals surface area contributed by atoms with Gasteiger partial charge in [-0.1, -0.05) is 0 Å². The Kier molecular flexibility index (Phi) is 5.61. The molecule has 1 aromatic rings. The quantitative estimate of drug-likeness (QED) is 0.828. The zero-order valence-corrected chi connectivity index (χ0v) is 12.2. The number of piperidine rings is 1. The van der Waals surface area contributed by atoms with Gasteiger partial charge in [-0.2, -0.15) is 0 Å². The first-order valence-electron chi connectivity index (χ1n) is 7.44. The summed E-state index contributed by atoms with van der Waals surface area (Å²) < 4.78 is 5.29. The van der Waals surface area contributed by atoms with Gasteiger partial charge in [-0.15, -0.1) is 0 Å². The number of furan rings is 1. The third-order valence-corrected chi connectivity index (χ3v) is 3.89. The van der Waals surface area contributed by atoms with Gasteiger partial charge in [-0.25, -0.2) is 0 Å². The smallest absolute Gasteiger partial charge is 0.234 e. The highest BCUT2D eigenvalue weighted by Gasteiger charge is 2.21. The molecule has 20 heavy (non-hydrogen) atoms. The van der Waals surface area contributed by atoms with E-state index in [4.69, 9.17) is 10.2 Å². The van der Waals surface area contributed by atoms with Crippen molar-refractivity contribution < 1.29 is 9.21 Å². The van der Waals surface area contributed by atoms with E-state index in [9.17, 15) is 4.79 Å². The maximum absolute atomic E-state index is 12.1. The van der Waals surface area contributed by atoms with Crippen LogP contribution in [0.4, 0.5) is 0 Å². The number of rotatable bonds is 6. The van der Waals surface area contributed by atoms with E-state index in [1.807, 2.05) is 19.1 Å². The second-order valence-corrected chi connectivity index (χ2v) is 5.63. The zero-order valence-electron chi connectivity index (χ0n) is 12.2. The molecule has 3 N–H and O–H groups in total. The first-order chi connectivity index (χ1) is 9.69. The Morgan fingerprint density at radius 1 is 1.65 bits per heavy atom. The molecule has 112 valence electrons. The van der Waals surface area contributed by atoms with Gasteiger partial charge in [0.25, 0.3) is 0 Å². The van der Waals surface area contributed by atoms with Gasteiger partial charge in [0.1, 0.15) is 5.76 Å². The topological polar surface area (TPSA) is 71.5 Å². The van der Waals surface area contributed by atoms with E-state index in [1.165, 1.54) is 6.42 Å². The highest BCUT2D eigenvalue weighted by molar-refractivity contribution is 5.78. The van der Waals surface area contributed by atoms with Crippen LogP contribution in [0.3, 0.4) is 0 Å². The van der Waals surface area contributed by atoms with E-state index in [1.54, 1.807) is 6.26 Å². The maximum Gasteiger partial charge on any atom is 0.234 e. The molecule has 1 amide bonds. The van der Waals surface area contributed by atoms with Crippen molar-refractivity contribution in [3.05, 3.63) is 24.2 Å². The Balaban J connectivity index is 1.76. The van der Waals surface area contributed by atoms with Crippen molar-refractivity contribution in [2.24, 2.45) is 11.7 Å². The summed E-state index contributed by atoms with van der Waals surface area (Å²) in [7, 11) is 0. The lowest BCUT2D eigenvalue weighted by atomic mass is 9.95. The number of hydrogen-bond acceptors (Lipinski definition) is 4. The van der Waals surface area contributed by atoms with Crippen molar-refractivity contribution in [3.8, 4) is 0 Å². The minimum atomic E-state index is -0.0814. The minimum Gasteiger partial charge on any atom is -0.467 e. The summed E-state index contributed by atoms with van der Waals surface area (Å²) in [6.07, 6.45) is 5.07. The Morgan fingerprint density at radius 2 is 2.50 bits per heavy atom. The van der Waals surface area contributed by atoms with E-state index in [0.29, 0.717) is 12.5 Å². The van der Waals surface area contributed by atoms with Crippen LogP contribution < -0.4 is 11.1 Å². The van der Waals surface area contributed by atoms with Crippen LogP contribution in [0, 0.1) is 5.92 Å². The van der Waals surface area contributed by atoms with Gasteiger partial charge in [0, 0.05) is 6.54 Å². The number of amides is 1. The van der Waals surface area contributed by atoms with Crippen molar-refractivity contribution in [1.82, 2.24) is 10.2 Å². The summed E-state index contributed by atoms with van der Waals surface area (Å²) in [5.41, 5.74) is 5.62. The molecule has 0 aliphatic carbocycles. The molecule has 0 bridgehead atoms. The molecule has 1 aliphatic rings. The summed E-state index contributed by atoms with van der Waals surface area (Å²) in [6, 6.07) is 3.63. The number of carbonyl (C=O) groups is 1. The molecule has 1 aliphatic heterocycles. The van der Waals surface area contributed by atoms with E-state index >= 15 is 0 Å². The molecule has 0 spiro atoms. The van der Waals surface area contributed by atoms with E-state index in [-0.39, 0.29) is 11.9 Å². The highest BCUT2D eigenvalue weighted by atomic mass is 16.3. The summed E-state index contributed by atoms with van der Waals surface area (Å²) in [5, 5.41) is 2.98. The average molecular weight is 279 g/mol. The van der Waals surface area contributed by atoms with E-state index in [2.05, 4.69) is 10.2 Å². The molecule has 2 unspecified atom stereocenters. The first kappa shape index (κ1) is 15.1. The lowest BCUT2D eigenvalue weighted by Gasteiger charge is -2.32. The first-order valence-corrected chi connectivity index (χ1v) is 7.44. The Labute approximate surface area is 120 Å². The number of carbonyl (C=O) groups excluding carboxylic acids is 1. The molecule has 2 atom stereocenters. The summed E-state index contributed by atoms with van der Waals surface area (Å²) in [5.74, 6) is 1.49. The second-order valence-electron chi connectivity index (χ2n) is 5.63. The van der Waals surface area contributed by atoms with Crippen LogP contribution in [0.25, 0.3) is 0 Å². The zero-order chi connectivity index (χ0) is 14.4. The number of nitrogens with two attached hydrogens (primary N) is 1. The largest absolute Gasteiger partial charge is 0.467 e. The lowest BCUT2D eigenvalue weighted by Crippen LogP contribution is -2.43. The van der Waals surface area contributed by atoms with Crippen molar-refractivity contribution in [2.45, 2.75) is 32.2 Å². The average Bonchev–Trinajstić information content (AvgIpc) is 2.93. The predicted octanol–water partition coefficient (Wildman–Crippen LogP) is 1.52. The molecule has 2 rings (SSSR count). The molecule has 1 fully saturated rings. The highest BCUT2D eigenvalue weighted by Crippen LogP contribution is 2.19. The lowest BCUT2D eigenvalue weighted by molar-refractivity contribution is -0.123. The van der Waals surface area contributed by atoms with Crippen LogP contribution in [-0.4, -0.2) is 37.0 Å². The predicted molar refractivity (Wildman–Crippen MR) is 78.1 cm³/mol. The van der Waals surface area contributed by atoms with Gasteiger partial charge >= 0.3 is 0 Å². The van der Waals surface area contributed by atoms with Crippen molar-refractivity contribution in [1.29, 1.82) is 0 Å². The van der Waals surface area contributed by atoms with Crippen LogP contribution in [-0.2, 0) is 4.79 Å². The van der Waals surface area contributed by atoms with Gasteiger partial charge in [0.2, 0.25) is 5.91 Å². The normalized spacial score (nSPS) is 21.6. The van der Waals surface area contributed by atoms with Gasteiger partial charge in [-0.05, 0) is 57.3 Å². The Morgan fingerprint density at radius 3 is 3.20 bits per heavy atom. The molecule has 0 radical (unpaired) electrons. The fourth-order valence-corrected chi connectivity index (χ4v) is 2.87. The van der Waals surface area contributed by atoms with Gasteiger partial charge < -0.3 is 15.5 Å². The van der Waals surface area contributed by atoms with Crippen LogP contribution in [0.5, 0.6) is 0 Å². The van der Waals surface area contributed by atoms with Crippen LogP contribution in [0.1, 0.15) is 38.0 Å². The third kappa shape index (κ3) is 4.35. The van der Waals surface area contributed by atoms with Crippen molar-refractivity contribution in [3.63, 3.8) is 0 Å².